The maximum absolute atomic E-state index is 13.2. The van der Waals surface area contributed by atoms with E-state index in [1.54, 1.807) is 0 Å². The summed E-state index contributed by atoms with van der Waals surface area (Å²) in [6.45, 7) is 0. The molecule has 3 heteroatoms. The molecule has 2 aromatic rings. The van der Waals surface area contributed by atoms with E-state index in [9.17, 15) is 9.50 Å². The van der Waals surface area contributed by atoms with Crippen molar-refractivity contribution in [1.82, 2.24) is 0 Å². The summed E-state index contributed by atoms with van der Waals surface area (Å²) < 4.78 is 18.3. The Bertz CT molecular complexity index is 511. The predicted molar refractivity (Wildman–Crippen MR) is 68.1 cm³/mol. The van der Waals surface area contributed by atoms with E-state index in [4.69, 9.17) is 4.74 Å². The topological polar surface area (TPSA) is 29.5 Å². The van der Waals surface area contributed by atoms with Crippen LogP contribution in [0.1, 0.15) is 17.2 Å². The zero-order valence-electron chi connectivity index (χ0n) is 10.1. The van der Waals surface area contributed by atoms with Crippen molar-refractivity contribution < 1.29 is 14.2 Å². The second-order valence-corrected chi connectivity index (χ2v) is 4.09. The largest absolute Gasteiger partial charge is 0.496 e. The van der Waals surface area contributed by atoms with Gasteiger partial charge in [-0.25, -0.2) is 4.39 Å². The number of halogens is 1. The highest BCUT2D eigenvalue weighted by Gasteiger charge is 2.14. The molecule has 0 heterocycles. The highest BCUT2D eigenvalue weighted by Crippen LogP contribution is 2.28. The van der Waals surface area contributed by atoms with E-state index in [2.05, 4.69) is 0 Å². The normalized spacial score (nSPS) is 12.2. The van der Waals surface area contributed by atoms with Crippen molar-refractivity contribution >= 4 is 0 Å². The van der Waals surface area contributed by atoms with Gasteiger partial charge in [-0.3, -0.25) is 0 Å². The van der Waals surface area contributed by atoms with Gasteiger partial charge in [0.05, 0.1) is 13.2 Å². The standard InChI is InChI=1S/C15H15FO2/c1-18-15-8-7-12(16)10-13(15)14(17)9-11-5-3-2-4-6-11/h2-8,10,14,17H,9H2,1H3. The van der Waals surface area contributed by atoms with Gasteiger partial charge in [0.1, 0.15) is 11.6 Å². The monoisotopic (exact) mass is 246 g/mol. The van der Waals surface area contributed by atoms with Gasteiger partial charge in [0, 0.05) is 12.0 Å². The summed E-state index contributed by atoms with van der Waals surface area (Å²) in [4.78, 5) is 0. The highest BCUT2D eigenvalue weighted by atomic mass is 19.1. The van der Waals surface area contributed by atoms with Crippen LogP contribution in [-0.4, -0.2) is 12.2 Å². The van der Waals surface area contributed by atoms with Crippen LogP contribution < -0.4 is 4.74 Å². The molecule has 0 saturated heterocycles. The average Bonchev–Trinajstić information content (AvgIpc) is 2.40. The third kappa shape index (κ3) is 2.87. The number of aliphatic hydroxyl groups is 1. The van der Waals surface area contributed by atoms with Gasteiger partial charge in [-0.2, -0.15) is 0 Å². The molecular weight excluding hydrogens is 231 g/mol. The summed E-state index contributed by atoms with van der Waals surface area (Å²) in [6.07, 6.45) is -0.348. The summed E-state index contributed by atoms with van der Waals surface area (Å²) in [5.41, 5.74) is 1.47. The first-order valence-electron chi connectivity index (χ1n) is 5.76. The molecule has 1 N–H and O–H groups in total. The number of hydrogen-bond acceptors (Lipinski definition) is 2. The van der Waals surface area contributed by atoms with Gasteiger partial charge in [0.2, 0.25) is 0 Å². The number of aliphatic hydroxyl groups excluding tert-OH is 1. The molecule has 0 aliphatic heterocycles. The Morgan fingerprint density at radius 2 is 1.89 bits per heavy atom. The van der Waals surface area contributed by atoms with Gasteiger partial charge in [-0.1, -0.05) is 30.3 Å². The molecule has 0 aromatic heterocycles. The quantitative estimate of drug-likeness (QED) is 0.898. The first-order chi connectivity index (χ1) is 8.70. The van der Waals surface area contributed by atoms with Crippen molar-refractivity contribution in [1.29, 1.82) is 0 Å². The molecule has 1 atom stereocenters. The van der Waals surface area contributed by atoms with Gasteiger partial charge in [0.25, 0.3) is 0 Å². The number of rotatable bonds is 4. The minimum Gasteiger partial charge on any atom is -0.496 e. The van der Waals surface area contributed by atoms with Crippen molar-refractivity contribution in [2.75, 3.05) is 7.11 Å². The van der Waals surface area contributed by atoms with Gasteiger partial charge in [-0.05, 0) is 23.8 Å². The van der Waals surface area contributed by atoms with Crippen LogP contribution >= 0.6 is 0 Å². The van der Waals surface area contributed by atoms with Crippen molar-refractivity contribution in [3.8, 4) is 5.75 Å². The van der Waals surface area contributed by atoms with Crippen LogP contribution in [0.2, 0.25) is 0 Å². The SMILES string of the molecule is COc1ccc(F)cc1C(O)Cc1ccccc1. The fourth-order valence-electron chi connectivity index (χ4n) is 1.91. The van der Waals surface area contributed by atoms with Gasteiger partial charge in [-0.15, -0.1) is 0 Å². The first-order valence-corrected chi connectivity index (χ1v) is 5.76. The summed E-state index contributed by atoms with van der Waals surface area (Å²) >= 11 is 0. The van der Waals surface area contributed by atoms with Crippen LogP contribution in [0.5, 0.6) is 5.75 Å². The van der Waals surface area contributed by atoms with Crippen LogP contribution in [0.25, 0.3) is 0 Å². The van der Waals surface area contributed by atoms with E-state index in [1.165, 1.54) is 25.3 Å². The summed E-state index contributed by atoms with van der Waals surface area (Å²) in [5, 5.41) is 10.2. The maximum Gasteiger partial charge on any atom is 0.124 e. The van der Waals surface area contributed by atoms with E-state index in [1.807, 2.05) is 30.3 Å². The molecule has 0 aliphatic rings. The van der Waals surface area contributed by atoms with Crippen LogP contribution in [-0.2, 0) is 6.42 Å². The molecule has 94 valence electrons. The molecule has 1 unspecified atom stereocenters. The fourth-order valence-corrected chi connectivity index (χ4v) is 1.91. The van der Waals surface area contributed by atoms with Crippen molar-refractivity contribution in [3.05, 3.63) is 65.5 Å². The lowest BCUT2D eigenvalue weighted by molar-refractivity contribution is 0.173. The average molecular weight is 246 g/mol. The molecule has 18 heavy (non-hydrogen) atoms. The van der Waals surface area contributed by atoms with Gasteiger partial charge in [0.15, 0.2) is 0 Å². The van der Waals surface area contributed by atoms with Crippen LogP contribution in [0.3, 0.4) is 0 Å². The molecule has 2 rings (SSSR count). The van der Waals surface area contributed by atoms with Crippen LogP contribution in [0, 0.1) is 5.82 Å². The Labute approximate surface area is 106 Å². The van der Waals surface area contributed by atoms with E-state index in [-0.39, 0.29) is 5.82 Å². The summed E-state index contributed by atoms with van der Waals surface area (Å²) in [7, 11) is 1.51. The lowest BCUT2D eigenvalue weighted by Gasteiger charge is -2.15. The summed E-state index contributed by atoms with van der Waals surface area (Å²) in [5.74, 6) is 0.123. The molecule has 0 aliphatic carbocycles. The van der Waals surface area contributed by atoms with E-state index in [0.29, 0.717) is 17.7 Å². The van der Waals surface area contributed by atoms with Crippen LogP contribution in [0.4, 0.5) is 4.39 Å². The molecular formula is C15H15FO2. The second kappa shape index (κ2) is 5.65. The zero-order chi connectivity index (χ0) is 13.0. The van der Waals surface area contributed by atoms with Crippen molar-refractivity contribution in [2.24, 2.45) is 0 Å². The van der Waals surface area contributed by atoms with Crippen LogP contribution in [0.15, 0.2) is 48.5 Å². The Morgan fingerprint density at radius 1 is 1.17 bits per heavy atom. The smallest absolute Gasteiger partial charge is 0.124 e. The molecule has 0 amide bonds. The maximum atomic E-state index is 13.2. The Balaban J connectivity index is 2.23. The van der Waals surface area contributed by atoms with Gasteiger partial charge >= 0.3 is 0 Å². The Morgan fingerprint density at radius 3 is 2.56 bits per heavy atom. The predicted octanol–water partition coefficient (Wildman–Crippen LogP) is 3.11. The number of ether oxygens (including phenoxy) is 1. The molecule has 2 nitrogen and oxygen atoms in total. The number of benzene rings is 2. The minimum atomic E-state index is -0.780. The van der Waals surface area contributed by atoms with E-state index >= 15 is 0 Å². The molecule has 0 saturated carbocycles. The number of hydrogen-bond donors (Lipinski definition) is 1. The molecule has 0 fully saturated rings. The molecule has 0 spiro atoms. The Hall–Kier alpha value is -1.87. The lowest BCUT2D eigenvalue weighted by atomic mass is 10.0. The summed E-state index contributed by atoms with van der Waals surface area (Å²) in [6, 6.07) is 13.7. The molecule has 2 aromatic carbocycles. The van der Waals surface area contributed by atoms with Crippen molar-refractivity contribution in [2.45, 2.75) is 12.5 Å². The third-order valence-electron chi connectivity index (χ3n) is 2.82. The highest BCUT2D eigenvalue weighted by molar-refractivity contribution is 5.36. The van der Waals surface area contributed by atoms with E-state index < -0.39 is 6.10 Å². The third-order valence-corrected chi connectivity index (χ3v) is 2.82. The zero-order valence-corrected chi connectivity index (χ0v) is 10.1. The molecule has 0 bridgehead atoms. The van der Waals surface area contributed by atoms with E-state index in [0.717, 1.165) is 5.56 Å². The second-order valence-electron chi connectivity index (χ2n) is 4.09. The Kier molecular flexibility index (Phi) is 3.95. The lowest BCUT2D eigenvalue weighted by Crippen LogP contribution is -2.04. The first kappa shape index (κ1) is 12.6. The minimum absolute atomic E-state index is 0.377. The van der Waals surface area contributed by atoms with Crippen molar-refractivity contribution in [3.63, 3.8) is 0 Å². The van der Waals surface area contributed by atoms with Gasteiger partial charge < -0.3 is 9.84 Å². The fraction of sp³-hybridized carbons (Fsp3) is 0.200. The molecule has 0 radical (unpaired) electrons. The number of methoxy groups -OCH3 is 1.